The molecule has 220 valence electrons. The zero-order chi connectivity index (χ0) is 31.2. The molecule has 47 heavy (non-hydrogen) atoms. The van der Waals surface area contributed by atoms with E-state index in [0.29, 0.717) is 0 Å². The lowest BCUT2D eigenvalue weighted by Gasteiger charge is -2.13. The predicted octanol–water partition coefficient (Wildman–Crippen LogP) is 11.4. The number of hydrogen-bond acceptors (Lipinski definition) is 2. The summed E-state index contributed by atoms with van der Waals surface area (Å²) in [5.41, 5.74) is 12.1. The average molecular weight is 600 g/mol. The van der Waals surface area contributed by atoms with E-state index in [-0.39, 0.29) is 0 Å². The van der Waals surface area contributed by atoms with Gasteiger partial charge in [0.25, 0.3) is 0 Å². The van der Waals surface area contributed by atoms with Crippen LogP contribution in [0.4, 0.5) is 0 Å². The molecule has 0 spiro atoms. The summed E-state index contributed by atoms with van der Waals surface area (Å²) in [6.45, 7) is 0. The van der Waals surface area contributed by atoms with Crippen molar-refractivity contribution < 1.29 is 0 Å². The highest BCUT2D eigenvalue weighted by atomic mass is 15.0. The van der Waals surface area contributed by atoms with Gasteiger partial charge in [0, 0.05) is 33.0 Å². The Kier molecular flexibility index (Phi) is 6.46. The molecule has 0 unspecified atom stereocenters. The van der Waals surface area contributed by atoms with Gasteiger partial charge in [-0.05, 0) is 70.8 Å². The largest absolute Gasteiger partial charge is 0.309 e. The van der Waals surface area contributed by atoms with Crippen LogP contribution in [0.5, 0.6) is 0 Å². The molecule has 0 atom stereocenters. The third-order valence-corrected chi connectivity index (χ3v) is 8.99. The first-order valence-corrected chi connectivity index (χ1v) is 15.9. The number of rotatable bonds is 5. The Labute approximate surface area is 273 Å². The van der Waals surface area contributed by atoms with Gasteiger partial charge in [-0.15, -0.1) is 0 Å². The molecule has 2 aromatic heterocycles. The zero-order valence-corrected chi connectivity index (χ0v) is 25.6. The molecule has 0 aliphatic heterocycles. The Hall–Kier alpha value is -6.32. The minimum absolute atomic E-state index is 0.723. The lowest BCUT2D eigenvalue weighted by atomic mass is 9.97. The third-order valence-electron chi connectivity index (χ3n) is 8.99. The summed E-state index contributed by atoms with van der Waals surface area (Å²) in [6.07, 6.45) is 0. The van der Waals surface area contributed by atoms with Crippen LogP contribution >= 0.6 is 0 Å². The van der Waals surface area contributed by atoms with Crippen molar-refractivity contribution in [3.63, 3.8) is 0 Å². The van der Waals surface area contributed by atoms with E-state index in [9.17, 15) is 0 Å². The van der Waals surface area contributed by atoms with E-state index in [1.807, 2.05) is 18.2 Å². The Balaban J connectivity index is 1.24. The van der Waals surface area contributed by atoms with Crippen LogP contribution in [-0.2, 0) is 0 Å². The van der Waals surface area contributed by atoms with Gasteiger partial charge in [0.05, 0.1) is 22.2 Å². The predicted molar refractivity (Wildman–Crippen MR) is 196 cm³/mol. The first-order chi connectivity index (χ1) is 23.3. The lowest BCUT2D eigenvalue weighted by Crippen LogP contribution is -1.96. The second-order valence-electron chi connectivity index (χ2n) is 11.9. The van der Waals surface area contributed by atoms with Gasteiger partial charge in [-0.1, -0.05) is 127 Å². The maximum absolute atomic E-state index is 5.22. The number of benzene rings is 7. The van der Waals surface area contributed by atoms with Gasteiger partial charge in [0.15, 0.2) is 5.82 Å². The maximum Gasteiger partial charge on any atom is 0.160 e. The van der Waals surface area contributed by atoms with Crippen molar-refractivity contribution in [2.24, 2.45) is 0 Å². The molecule has 0 radical (unpaired) electrons. The molecule has 0 aliphatic rings. The average Bonchev–Trinajstić information content (AvgIpc) is 3.49. The van der Waals surface area contributed by atoms with Crippen molar-refractivity contribution in [3.8, 4) is 50.6 Å². The number of aromatic nitrogens is 3. The first-order valence-electron chi connectivity index (χ1n) is 15.9. The minimum atomic E-state index is 0.723. The number of hydrogen-bond donors (Lipinski definition) is 0. The molecule has 2 heterocycles. The van der Waals surface area contributed by atoms with Crippen molar-refractivity contribution in [3.05, 3.63) is 176 Å². The van der Waals surface area contributed by atoms with Gasteiger partial charge < -0.3 is 4.57 Å². The van der Waals surface area contributed by atoms with E-state index >= 15 is 0 Å². The molecule has 0 aliphatic carbocycles. The van der Waals surface area contributed by atoms with Crippen LogP contribution < -0.4 is 0 Å². The quantitative estimate of drug-likeness (QED) is 0.197. The zero-order valence-electron chi connectivity index (χ0n) is 25.6. The van der Waals surface area contributed by atoms with Crippen LogP contribution in [0, 0.1) is 0 Å². The van der Waals surface area contributed by atoms with Gasteiger partial charge >= 0.3 is 0 Å². The normalized spacial score (nSPS) is 11.4. The molecule has 0 N–H and O–H groups in total. The molecule has 9 aromatic rings. The molecule has 0 bridgehead atoms. The molecular formula is C44H29N3. The standard InChI is InChI=1S/C44H29N3/c1-4-13-30(14-5-1)32-17-12-18-35(27-32)43-39-29-33(23-25-40(39)45-44(46-43)31-15-6-2-7-16-31)34-24-26-42-38(28-34)37-21-10-11-22-41(37)47(42)36-19-8-3-9-20-36/h1-29H. The summed E-state index contributed by atoms with van der Waals surface area (Å²) < 4.78 is 2.35. The lowest BCUT2D eigenvalue weighted by molar-refractivity contribution is 1.18. The van der Waals surface area contributed by atoms with Crippen LogP contribution in [-0.4, -0.2) is 14.5 Å². The van der Waals surface area contributed by atoms with Crippen molar-refractivity contribution in [1.82, 2.24) is 14.5 Å². The van der Waals surface area contributed by atoms with E-state index in [1.165, 1.54) is 27.4 Å². The molecule has 0 saturated carbocycles. The number of nitrogens with zero attached hydrogens (tertiary/aromatic N) is 3. The van der Waals surface area contributed by atoms with E-state index in [1.54, 1.807) is 0 Å². The second-order valence-corrected chi connectivity index (χ2v) is 11.9. The summed E-state index contributed by atoms with van der Waals surface area (Å²) >= 11 is 0. The van der Waals surface area contributed by atoms with Gasteiger partial charge in [0.1, 0.15) is 0 Å². The highest BCUT2D eigenvalue weighted by Gasteiger charge is 2.16. The minimum Gasteiger partial charge on any atom is -0.309 e. The van der Waals surface area contributed by atoms with Gasteiger partial charge in [-0.25, -0.2) is 9.97 Å². The summed E-state index contributed by atoms with van der Waals surface area (Å²) in [7, 11) is 0. The smallest absolute Gasteiger partial charge is 0.160 e. The Bertz CT molecular complexity index is 2550. The topological polar surface area (TPSA) is 30.7 Å². The molecular weight excluding hydrogens is 571 g/mol. The fourth-order valence-corrected chi connectivity index (χ4v) is 6.73. The SMILES string of the molecule is c1ccc(-c2cccc(-c3nc(-c4ccccc4)nc4ccc(-c5ccc6c(c5)c5ccccc5n6-c5ccccc5)cc34)c2)cc1. The highest BCUT2D eigenvalue weighted by molar-refractivity contribution is 6.10. The van der Waals surface area contributed by atoms with Crippen molar-refractivity contribution in [1.29, 1.82) is 0 Å². The summed E-state index contributed by atoms with van der Waals surface area (Å²) in [5.74, 6) is 0.723. The summed E-state index contributed by atoms with van der Waals surface area (Å²) in [4.78, 5) is 10.3. The van der Waals surface area contributed by atoms with Crippen LogP contribution in [0.3, 0.4) is 0 Å². The van der Waals surface area contributed by atoms with Gasteiger partial charge in [-0.2, -0.15) is 0 Å². The molecule has 9 rings (SSSR count). The van der Waals surface area contributed by atoms with E-state index in [0.717, 1.165) is 55.9 Å². The Morgan fingerprint density at radius 1 is 0.340 bits per heavy atom. The maximum atomic E-state index is 5.22. The van der Waals surface area contributed by atoms with Crippen molar-refractivity contribution in [2.45, 2.75) is 0 Å². The number of para-hydroxylation sites is 2. The number of fused-ring (bicyclic) bond motifs is 4. The van der Waals surface area contributed by atoms with Gasteiger partial charge in [-0.3, -0.25) is 0 Å². The fraction of sp³-hybridized carbons (Fsp3) is 0. The molecule has 7 aromatic carbocycles. The molecule has 3 nitrogen and oxygen atoms in total. The van der Waals surface area contributed by atoms with Crippen molar-refractivity contribution >= 4 is 32.7 Å². The van der Waals surface area contributed by atoms with E-state index in [2.05, 4.69) is 162 Å². The molecule has 0 saturated heterocycles. The van der Waals surface area contributed by atoms with E-state index < -0.39 is 0 Å². The molecule has 0 fully saturated rings. The van der Waals surface area contributed by atoms with E-state index in [4.69, 9.17) is 9.97 Å². The highest BCUT2D eigenvalue weighted by Crippen LogP contribution is 2.37. The Morgan fingerprint density at radius 2 is 0.915 bits per heavy atom. The summed E-state index contributed by atoms with van der Waals surface area (Å²) in [5, 5.41) is 3.50. The Morgan fingerprint density at radius 3 is 1.70 bits per heavy atom. The monoisotopic (exact) mass is 599 g/mol. The fourth-order valence-electron chi connectivity index (χ4n) is 6.73. The van der Waals surface area contributed by atoms with Crippen LogP contribution in [0.15, 0.2) is 176 Å². The van der Waals surface area contributed by atoms with Crippen molar-refractivity contribution in [2.75, 3.05) is 0 Å². The van der Waals surface area contributed by atoms with Gasteiger partial charge in [0.2, 0.25) is 0 Å². The molecule has 0 amide bonds. The van der Waals surface area contributed by atoms with Crippen LogP contribution in [0.25, 0.3) is 83.3 Å². The molecule has 3 heteroatoms. The third kappa shape index (κ3) is 4.77. The summed E-state index contributed by atoms with van der Waals surface area (Å²) in [6, 6.07) is 62.1. The first kappa shape index (κ1) is 27.0. The second kappa shape index (κ2) is 11.2. The van der Waals surface area contributed by atoms with Crippen LogP contribution in [0.1, 0.15) is 0 Å². The van der Waals surface area contributed by atoms with Crippen LogP contribution in [0.2, 0.25) is 0 Å².